The lowest BCUT2D eigenvalue weighted by Gasteiger charge is -2.14. The summed E-state index contributed by atoms with van der Waals surface area (Å²) in [6, 6.07) is 3.30. The van der Waals surface area contributed by atoms with Crippen LogP contribution in [0.15, 0.2) is 18.2 Å². The number of benzene rings is 1. The fourth-order valence-electron chi connectivity index (χ4n) is 1.49. The first-order valence-corrected chi connectivity index (χ1v) is 6.03. The third-order valence-corrected chi connectivity index (χ3v) is 2.78. The molecular formula is C12H11ClF3NO2. The number of amides is 1. The highest BCUT2D eigenvalue weighted by atomic mass is 35.5. The van der Waals surface area contributed by atoms with E-state index in [0.29, 0.717) is 0 Å². The Morgan fingerprint density at radius 2 is 2.11 bits per heavy atom. The zero-order valence-corrected chi connectivity index (χ0v) is 10.5. The van der Waals surface area contributed by atoms with Crippen LogP contribution in [0.2, 0.25) is 5.02 Å². The monoisotopic (exact) mass is 293 g/mol. The van der Waals surface area contributed by atoms with Crippen molar-refractivity contribution in [3.63, 3.8) is 0 Å². The topological polar surface area (TPSA) is 38.3 Å². The number of rotatable bonds is 4. The van der Waals surface area contributed by atoms with E-state index in [-0.39, 0.29) is 11.1 Å². The third-order valence-electron chi connectivity index (χ3n) is 2.55. The van der Waals surface area contributed by atoms with Crippen molar-refractivity contribution < 1.29 is 22.7 Å². The summed E-state index contributed by atoms with van der Waals surface area (Å²) in [6.45, 7) is -0.443. The maximum absolute atomic E-state index is 12.7. The van der Waals surface area contributed by atoms with E-state index in [1.54, 1.807) is 0 Å². The second kappa shape index (κ2) is 5.28. The summed E-state index contributed by atoms with van der Waals surface area (Å²) < 4.78 is 43.1. The zero-order chi connectivity index (χ0) is 14.0. The van der Waals surface area contributed by atoms with Gasteiger partial charge in [0.25, 0.3) is 5.91 Å². The van der Waals surface area contributed by atoms with Crippen molar-refractivity contribution in [1.29, 1.82) is 0 Å². The summed E-state index contributed by atoms with van der Waals surface area (Å²) in [5.74, 6) is -0.826. The molecule has 0 spiro atoms. The molecule has 1 aliphatic carbocycles. The van der Waals surface area contributed by atoms with Gasteiger partial charge in [0.2, 0.25) is 0 Å². The molecule has 1 aliphatic rings. The van der Waals surface area contributed by atoms with Crippen molar-refractivity contribution in [1.82, 2.24) is 5.32 Å². The fourth-order valence-corrected chi connectivity index (χ4v) is 1.66. The fraction of sp³-hybridized carbons (Fsp3) is 0.417. The van der Waals surface area contributed by atoms with Crippen molar-refractivity contribution >= 4 is 17.5 Å². The van der Waals surface area contributed by atoms with Crippen molar-refractivity contribution in [3.05, 3.63) is 28.8 Å². The molecule has 0 radical (unpaired) electrons. The van der Waals surface area contributed by atoms with Gasteiger partial charge in [-0.3, -0.25) is 4.79 Å². The van der Waals surface area contributed by atoms with Crippen LogP contribution in [-0.2, 0) is 11.0 Å². The first-order valence-electron chi connectivity index (χ1n) is 5.65. The van der Waals surface area contributed by atoms with E-state index < -0.39 is 30.0 Å². The number of halogens is 4. The number of hydrogen-bond acceptors (Lipinski definition) is 2. The van der Waals surface area contributed by atoms with E-state index >= 15 is 0 Å². The minimum absolute atomic E-state index is 0.0397. The van der Waals surface area contributed by atoms with E-state index in [9.17, 15) is 18.0 Å². The Hall–Kier alpha value is -1.43. The van der Waals surface area contributed by atoms with Gasteiger partial charge in [-0.2, -0.15) is 13.2 Å². The van der Waals surface area contributed by atoms with Crippen molar-refractivity contribution in [2.45, 2.75) is 25.1 Å². The van der Waals surface area contributed by atoms with Crippen LogP contribution in [-0.4, -0.2) is 18.6 Å². The molecule has 0 saturated heterocycles. The molecule has 19 heavy (non-hydrogen) atoms. The molecule has 0 aliphatic heterocycles. The summed E-state index contributed by atoms with van der Waals surface area (Å²) in [7, 11) is 0. The normalized spacial score (nSPS) is 15.2. The lowest BCUT2D eigenvalue weighted by molar-refractivity contribution is -0.139. The highest BCUT2D eigenvalue weighted by molar-refractivity contribution is 6.30. The molecule has 1 amide bonds. The zero-order valence-electron chi connectivity index (χ0n) is 9.76. The van der Waals surface area contributed by atoms with Crippen molar-refractivity contribution in [2.75, 3.05) is 6.61 Å². The molecule has 2 rings (SSSR count). The van der Waals surface area contributed by atoms with Crippen LogP contribution in [0.3, 0.4) is 0 Å². The van der Waals surface area contributed by atoms with Crippen molar-refractivity contribution in [2.24, 2.45) is 0 Å². The van der Waals surface area contributed by atoms with Gasteiger partial charge in [-0.05, 0) is 31.0 Å². The van der Waals surface area contributed by atoms with Gasteiger partial charge >= 0.3 is 6.18 Å². The number of carbonyl (C=O) groups excluding carboxylic acids is 1. The number of alkyl halides is 3. The molecule has 0 bridgehead atoms. The van der Waals surface area contributed by atoms with Crippen LogP contribution in [0.1, 0.15) is 18.4 Å². The summed E-state index contributed by atoms with van der Waals surface area (Å²) in [4.78, 5) is 11.4. The molecule has 0 aromatic heterocycles. The van der Waals surface area contributed by atoms with Gasteiger partial charge < -0.3 is 10.1 Å². The van der Waals surface area contributed by atoms with Gasteiger partial charge in [0, 0.05) is 11.1 Å². The predicted molar refractivity (Wildman–Crippen MR) is 63.1 cm³/mol. The molecule has 0 heterocycles. The first-order chi connectivity index (χ1) is 8.86. The first kappa shape index (κ1) is 14.0. The molecule has 3 nitrogen and oxygen atoms in total. The lowest BCUT2D eigenvalue weighted by Crippen LogP contribution is -2.30. The molecule has 1 fully saturated rings. The van der Waals surface area contributed by atoms with Gasteiger partial charge in [-0.25, -0.2) is 0 Å². The van der Waals surface area contributed by atoms with Crippen LogP contribution >= 0.6 is 11.6 Å². The Labute approximate surface area is 112 Å². The maximum atomic E-state index is 12.7. The molecule has 1 N–H and O–H groups in total. The van der Waals surface area contributed by atoms with Crippen LogP contribution in [0.4, 0.5) is 13.2 Å². The van der Waals surface area contributed by atoms with Gasteiger partial charge in [0.15, 0.2) is 6.61 Å². The summed E-state index contributed by atoms with van der Waals surface area (Å²) in [5.41, 5.74) is -0.987. The average molecular weight is 294 g/mol. The predicted octanol–water partition coefficient (Wildman–Crippen LogP) is 3.02. The number of carbonyl (C=O) groups is 1. The Kier molecular flexibility index (Phi) is 3.89. The van der Waals surface area contributed by atoms with Crippen LogP contribution in [0.25, 0.3) is 0 Å². The van der Waals surface area contributed by atoms with Gasteiger partial charge in [-0.1, -0.05) is 11.6 Å². The highest BCUT2D eigenvalue weighted by Gasteiger charge is 2.35. The van der Waals surface area contributed by atoms with Crippen LogP contribution in [0, 0.1) is 0 Å². The number of hydrogen-bond donors (Lipinski definition) is 1. The van der Waals surface area contributed by atoms with Crippen LogP contribution in [0.5, 0.6) is 5.75 Å². The summed E-state index contributed by atoms with van der Waals surface area (Å²) >= 11 is 5.53. The largest absolute Gasteiger partial charge is 0.483 e. The van der Waals surface area contributed by atoms with Crippen LogP contribution < -0.4 is 10.1 Å². The quantitative estimate of drug-likeness (QED) is 0.927. The van der Waals surface area contributed by atoms with E-state index in [1.807, 2.05) is 0 Å². The van der Waals surface area contributed by atoms with Gasteiger partial charge in [0.1, 0.15) is 5.75 Å². The summed E-state index contributed by atoms with van der Waals surface area (Å²) in [5, 5.41) is 2.58. The molecular weight excluding hydrogens is 283 g/mol. The van der Waals surface area contributed by atoms with E-state index in [2.05, 4.69) is 5.32 Å². The Bertz CT molecular complexity index is 486. The second-order valence-electron chi connectivity index (χ2n) is 4.27. The Morgan fingerprint density at radius 3 is 2.68 bits per heavy atom. The molecule has 0 unspecified atom stereocenters. The summed E-state index contributed by atoms with van der Waals surface area (Å²) in [6.07, 6.45) is -2.77. The maximum Gasteiger partial charge on any atom is 0.420 e. The van der Waals surface area contributed by atoms with Gasteiger partial charge in [-0.15, -0.1) is 0 Å². The lowest BCUT2D eigenvalue weighted by atomic mass is 10.2. The molecule has 7 heteroatoms. The number of nitrogens with one attached hydrogen (secondary N) is 1. The minimum Gasteiger partial charge on any atom is -0.483 e. The van der Waals surface area contributed by atoms with E-state index in [1.165, 1.54) is 6.07 Å². The molecule has 1 aromatic rings. The smallest absolute Gasteiger partial charge is 0.420 e. The minimum atomic E-state index is -4.58. The van der Waals surface area contributed by atoms with E-state index in [0.717, 1.165) is 25.0 Å². The van der Waals surface area contributed by atoms with E-state index in [4.69, 9.17) is 16.3 Å². The number of ether oxygens (including phenoxy) is 1. The highest BCUT2D eigenvalue weighted by Crippen LogP contribution is 2.37. The standard InChI is InChI=1S/C12H11ClF3NO2/c13-7-1-4-10(9(5-7)12(14,15)16)19-6-11(18)17-8-2-3-8/h1,4-5,8H,2-3,6H2,(H,17,18). The molecule has 1 saturated carbocycles. The molecule has 0 atom stereocenters. The van der Waals surface area contributed by atoms with Crippen molar-refractivity contribution in [3.8, 4) is 5.75 Å². The second-order valence-corrected chi connectivity index (χ2v) is 4.71. The SMILES string of the molecule is O=C(COc1ccc(Cl)cc1C(F)(F)F)NC1CC1. The van der Waals surface area contributed by atoms with Gasteiger partial charge in [0.05, 0.1) is 5.56 Å². The average Bonchev–Trinajstić information content (AvgIpc) is 3.10. The molecule has 104 valence electrons. The Morgan fingerprint density at radius 1 is 1.42 bits per heavy atom. The third kappa shape index (κ3) is 4.02. The Balaban J connectivity index is 2.04. The molecule has 1 aromatic carbocycles.